The molecule has 0 aliphatic carbocycles. The van der Waals surface area contributed by atoms with E-state index in [4.69, 9.17) is 5.73 Å². The molecule has 1 aromatic carbocycles. The molecular weight excluding hydrogens is 267 g/mol. The van der Waals surface area contributed by atoms with Gasteiger partial charge in [0.25, 0.3) is 0 Å². The maximum absolute atomic E-state index is 12.8. The fraction of sp³-hybridized carbons (Fsp3) is 0.455. The topological polar surface area (TPSA) is 60.2 Å². The Hall–Kier alpha value is -1.08. The van der Waals surface area contributed by atoms with Gasteiger partial charge in [0.1, 0.15) is 9.84 Å². The fourth-order valence-corrected chi connectivity index (χ4v) is 2.81. The quantitative estimate of drug-likeness (QED) is 0.915. The van der Waals surface area contributed by atoms with Gasteiger partial charge >= 0.3 is 6.18 Å². The maximum Gasteiger partial charge on any atom is 0.416 e. The first kappa shape index (κ1) is 15.0. The van der Waals surface area contributed by atoms with Crippen LogP contribution in [0.25, 0.3) is 0 Å². The van der Waals surface area contributed by atoms with E-state index < -0.39 is 33.2 Å². The summed E-state index contributed by atoms with van der Waals surface area (Å²) >= 11 is 0. The van der Waals surface area contributed by atoms with Crippen LogP contribution in [0.5, 0.6) is 0 Å². The lowest BCUT2D eigenvalue weighted by Gasteiger charge is -2.19. The van der Waals surface area contributed by atoms with Crippen LogP contribution in [0, 0.1) is 0 Å². The van der Waals surface area contributed by atoms with E-state index in [1.165, 1.54) is 18.2 Å². The van der Waals surface area contributed by atoms with Crippen molar-refractivity contribution < 1.29 is 21.6 Å². The molecule has 0 heterocycles. The number of benzene rings is 1. The summed E-state index contributed by atoms with van der Waals surface area (Å²) in [6, 6.07) is 4.90. The first-order valence-corrected chi connectivity index (χ1v) is 7.25. The third kappa shape index (κ3) is 3.99. The van der Waals surface area contributed by atoms with Crippen LogP contribution in [0.3, 0.4) is 0 Å². The summed E-state index contributed by atoms with van der Waals surface area (Å²) in [4.78, 5) is 0. The molecule has 0 saturated heterocycles. The second kappa shape index (κ2) is 5.27. The van der Waals surface area contributed by atoms with Crippen LogP contribution in [-0.2, 0) is 16.0 Å². The maximum atomic E-state index is 12.8. The number of hydrogen-bond donors (Lipinski definition) is 1. The van der Waals surface area contributed by atoms with E-state index >= 15 is 0 Å². The molecule has 0 radical (unpaired) electrons. The van der Waals surface area contributed by atoms with Gasteiger partial charge in [0.05, 0.1) is 11.3 Å². The summed E-state index contributed by atoms with van der Waals surface area (Å²) in [7, 11) is -3.39. The van der Waals surface area contributed by atoms with E-state index in [2.05, 4.69) is 0 Å². The van der Waals surface area contributed by atoms with Gasteiger partial charge < -0.3 is 5.73 Å². The highest BCUT2D eigenvalue weighted by molar-refractivity contribution is 7.90. The first-order chi connectivity index (χ1) is 8.15. The lowest BCUT2D eigenvalue weighted by Crippen LogP contribution is -2.24. The van der Waals surface area contributed by atoms with Crippen molar-refractivity contribution in [3.63, 3.8) is 0 Å². The number of alkyl halides is 3. The average molecular weight is 281 g/mol. The average Bonchev–Trinajstić information content (AvgIpc) is 2.23. The third-order valence-corrected chi connectivity index (χ3v) is 3.50. The molecular formula is C11H14F3NO2S. The van der Waals surface area contributed by atoms with Crippen LogP contribution in [0.4, 0.5) is 13.2 Å². The largest absolute Gasteiger partial charge is 0.416 e. The summed E-state index contributed by atoms with van der Waals surface area (Å²) in [5, 5.41) is 0. The molecule has 102 valence electrons. The van der Waals surface area contributed by atoms with Crippen LogP contribution < -0.4 is 5.73 Å². The summed E-state index contributed by atoms with van der Waals surface area (Å²) in [6.45, 7) is -0.153. The Labute approximate surface area is 104 Å². The highest BCUT2D eigenvalue weighted by Gasteiger charge is 2.35. The molecule has 0 aliphatic rings. The summed E-state index contributed by atoms with van der Waals surface area (Å²) in [5.41, 5.74) is 4.49. The lowest BCUT2D eigenvalue weighted by atomic mass is 9.95. The molecule has 0 aromatic heterocycles. The molecule has 1 atom stereocenters. The Morgan fingerprint density at radius 3 is 2.28 bits per heavy atom. The molecule has 18 heavy (non-hydrogen) atoms. The van der Waals surface area contributed by atoms with E-state index in [-0.39, 0.29) is 12.1 Å². The lowest BCUT2D eigenvalue weighted by molar-refractivity contribution is -0.138. The van der Waals surface area contributed by atoms with Gasteiger partial charge in [-0.05, 0) is 11.6 Å². The van der Waals surface area contributed by atoms with E-state index in [9.17, 15) is 21.6 Å². The van der Waals surface area contributed by atoms with Crippen molar-refractivity contribution in [1.29, 1.82) is 0 Å². The van der Waals surface area contributed by atoms with Crippen LogP contribution >= 0.6 is 0 Å². The highest BCUT2D eigenvalue weighted by atomic mass is 32.2. The van der Waals surface area contributed by atoms with E-state index in [0.717, 1.165) is 12.3 Å². The number of nitrogens with two attached hydrogens (primary N) is 1. The Bertz CT molecular complexity index is 511. The van der Waals surface area contributed by atoms with Gasteiger partial charge in [-0.2, -0.15) is 13.2 Å². The molecule has 0 saturated carbocycles. The molecule has 2 N–H and O–H groups in total. The molecule has 1 aromatic rings. The van der Waals surface area contributed by atoms with Crippen molar-refractivity contribution in [3.8, 4) is 0 Å². The van der Waals surface area contributed by atoms with Crippen molar-refractivity contribution in [2.75, 3.05) is 18.6 Å². The van der Waals surface area contributed by atoms with Crippen molar-refractivity contribution >= 4 is 9.84 Å². The normalized spacial score (nSPS) is 14.5. The zero-order valence-corrected chi connectivity index (χ0v) is 10.6. The van der Waals surface area contributed by atoms with Gasteiger partial charge in [0.15, 0.2) is 0 Å². The van der Waals surface area contributed by atoms with Crippen LogP contribution in [0.15, 0.2) is 24.3 Å². The minimum Gasteiger partial charge on any atom is -0.330 e. The Kier molecular flexibility index (Phi) is 4.39. The summed E-state index contributed by atoms with van der Waals surface area (Å²) in [5.74, 6) is -1.24. The minimum atomic E-state index is -4.51. The smallest absolute Gasteiger partial charge is 0.330 e. The Morgan fingerprint density at radius 2 is 1.83 bits per heavy atom. The molecule has 0 bridgehead atoms. The Balaban J connectivity index is 3.22. The molecule has 3 nitrogen and oxygen atoms in total. The predicted octanol–water partition coefficient (Wildman–Crippen LogP) is 1.79. The zero-order chi connectivity index (χ0) is 14.0. The van der Waals surface area contributed by atoms with Crippen molar-refractivity contribution in [1.82, 2.24) is 0 Å². The van der Waals surface area contributed by atoms with Gasteiger partial charge in [-0.3, -0.25) is 0 Å². The molecule has 0 spiro atoms. The second-order valence-corrected chi connectivity index (χ2v) is 6.29. The third-order valence-electron chi connectivity index (χ3n) is 2.49. The van der Waals surface area contributed by atoms with E-state index in [0.29, 0.717) is 0 Å². The molecule has 1 rings (SSSR count). The number of halogens is 3. The second-order valence-electron chi connectivity index (χ2n) is 4.11. The van der Waals surface area contributed by atoms with Crippen LogP contribution in [0.2, 0.25) is 0 Å². The standard InChI is InChI=1S/C11H14F3NO2S/c1-18(16,17)7-8(6-15)9-4-2-3-5-10(9)11(12,13)14/h2-5,8H,6-7,15H2,1H3. The van der Waals surface area contributed by atoms with Crippen LogP contribution in [-0.4, -0.2) is 27.0 Å². The zero-order valence-electron chi connectivity index (χ0n) is 9.74. The van der Waals surface area contributed by atoms with Gasteiger partial charge in [0.2, 0.25) is 0 Å². The number of rotatable bonds is 4. The van der Waals surface area contributed by atoms with Crippen molar-refractivity contribution in [2.24, 2.45) is 5.73 Å². The van der Waals surface area contributed by atoms with E-state index in [1.807, 2.05) is 0 Å². The molecule has 1 unspecified atom stereocenters. The monoisotopic (exact) mass is 281 g/mol. The molecule has 7 heteroatoms. The van der Waals surface area contributed by atoms with Gasteiger partial charge in [-0.15, -0.1) is 0 Å². The minimum absolute atomic E-state index is 0.0714. The number of sulfone groups is 1. The van der Waals surface area contributed by atoms with Gasteiger partial charge in [0, 0.05) is 18.7 Å². The molecule has 0 amide bonds. The van der Waals surface area contributed by atoms with Crippen molar-refractivity contribution in [3.05, 3.63) is 35.4 Å². The molecule has 0 aliphatic heterocycles. The fourth-order valence-electron chi connectivity index (χ4n) is 1.76. The predicted molar refractivity (Wildman–Crippen MR) is 63.0 cm³/mol. The summed E-state index contributed by atoms with van der Waals surface area (Å²) in [6.07, 6.45) is -3.53. The summed E-state index contributed by atoms with van der Waals surface area (Å²) < 4.78 is 60.8. The van der Waals surface area contributed by atoms with Crippen molar-refractivity contribution in [2.45, 2.75) is 12.1 Å². The molecule has 0 fully saturated rings. The number of hydrogen-bond acceptors (Lipinski definition) is 3. The van der Waals surface area contributed by atoms with Crippen LogP contribution in [0.1, 0.15) is 17.0 Å². The van der Waals surface area contributed by atoms with E-state index in [1.54, 1.807) is 0 Å². The SMILES string of the molecule is CS(=O)(=O)CC(CN)c1ccccc1C(F)(F)F. The Morgan fingerprint density at radius 1 is 1.28 bits per heavy atom. The van der Waals surface area contributed by atoms with Gasteiger partial charge in [-0.25, -0.2) is 8.42 Å². The first-order valence-electron chi connectivity index (χ1n) is 5.19. The van der Waals surface area contributed by atoms with Gasteiger partial charge in [-0.1, -0.05) is 18.2 Å². The highest BCUT2D eigenvalue weighted by Crippen LogP contribution is 2.35.